The van der Waals surface area contributed by atoms with E-state index in [1.165, 1.54) is 18.4 Å². The molecule has 0 radical (unpaired) electrons. The lowest BCUT2D eigenvalue weighted by Gasteiger charge is -2.23. The average Bonchev–Trinajstić information content (AvgIpc) is 2.30. The van der Waals surface area contributed by atoms with Gasteiger partial charge < -0.3 is 10.7 Å². The molecule has 1 aliphatic heterocycles. The van der Waals surface area contributed by atoms with E-state index in [9.17, 15) is 0 Å². The van der Waals surface area contributed by atoms with E-state index in [0.29, 0.717) is 0 Å². The molecule has 2 rings (SSSR count). The third-order valence-corrected chi connectivity index (χ3v) is 2.89. The Hall–Kier alpha value is -1.06. The van der Waals surface area contributed by atoms with Crippen molar-refractivity contribution in [3.8, 4) is 0 Å². The summed E-state index contributed by atoms with van der Waals surface area (Å²) in [4.78, 5) is 0. The van der Waals surface area contributed by atoms with Crippen molar-refractivity contribution in [3.05, 3.63) is 29.8 Å². The van der Waals surface area contributed by atoms with Gasteiger partial charge in [0, 0.05) is 5.69 Å². The van der Waals surface area contributed by atoms with Crippen molar-refractivity contribution in [2.24, 2.45) is 5.84 Å². The van der Waals surface area contributed by atoms with E-state index in [-0.39, 0.29) is 0 Å². The second-order valence-corrected chi connectivity index (χ2v) is 3.79. The van der Waals surface area contributed by atoms with E-state index >= 15 is 0 Å². The second kappa shape index (κ2) is 4.44. The number of rotatable bonds is 2. The van der Waals surface area contributed by atoms with E-state index in [1.807, 2.05) is 12.1 Å². The van der Waals surface area contributed by atoms with Crippen molar-refractivity contribution in [1.82, 2.24) is 5.32 Å². The molecule has 0 bridgehead atoms. The number of hydrazine groups is 1. The number of anilines is 1. The third-order valence-electron chi connectivity index (χ3n) is 2.89. The number of hydrogen-bond acceptors (Lipinski definition) is 3. The molecule has 1 aromatic carbocycles. The molecule has 1 saturated heterocycles. The van der Waals surface area contributed by atoms with Crippen LogP contribution < -0.4 is 16.6 Å². The molecule has 0 saturated carbocycles. The fourth-order valence-electron chi connectivity index (χ4n) is 2.01. The Morgan fingerprint density at radius 1 is 1.14 bits per heavy atom. The molecule has 0 aliphatic carbocycles. The van der Waals surface area contributed by atoms with Crippen LogP contribution in [0.5, 0.6) is 0 Å². The Morgan fingerprint density at radius 2 is 1.79 bits per heavy atom. The van der Waals surface area contributed by atoms with Gasteiger partial charge in [-0.15, -0.1) is 0 Å². The summed E-state index contributed by atoms with van der Waals surface area (Å²) in [6, 6.07) is 8.42. The SMILES string of the molecule is NNc1ccc(C2CCNCC2)cc1. The predicted molar refractivity (Wildman–Crippen MR) is 59.1 cm³/mol. The van der Waals surface area contributed by atoms with Gasteiger partial charge in [0.25, 0.3) is 0 Å². The summed E-state index contributed by atoms with van der Waals surface area (Å²) in [5.41, 5.74) is 5.06. The van der Waals surface area contributed by atoms with Gasteiger partial charge in [0.05, 0.1) is 0 Å². The average molecular weight is 191 g/mol. The van der Waals surface area contributed by atoms with Gasteiger partial charge in [0.15, 0.2) is 0 Å². The van der Waals surface area contributed by atoms with Gasteiger partial charge in [-0.2, -0.15) is 0 Å². The lowest BCUT2D eigenvalue weighted by molar-refractivity contribution is 0.460. The van der Waals surface area contributed by atoms with Crippen LogP contribution >= 0.6 is 0 Å². The minimum atomic E-state index is 0.725. The van der Waals surface area contributed by atoms with Crippen LogP contribution in [0.1, 0.15) is 24.3 Å². The molecule has 1 aliphatic rings. The first-order chi connectivity index (χ1) is 6.90. The summed E-state index contributed by atoms with van der Waals surface area (Å²) in [6.45, 7) is 2.28. The summed E-state index contributed by atoms with van der Waals surface area (Å²) in [5, 5.41) is 3.37. The highest BCUT2D eigenvalue weighted by molar-refractivity contribution is 5.44. The molecule has 76 valence electrons. The molecular weight excluding hydrogens is 174 g/mol. The summed E-state index contributed by atoms with van der Waals surface area (Å²) in [5.74, 6) is 6.04. The van der Waals surface area contributed by atoms with E-state index in [0.717, 1.165) is 24.7 Å². The molecule has 3 nitrogen and oxygen atoms in total. The quantitative estimate of drug-likeness (QED) is 0.490. The first-order valence-corrected chi connectivity index (χ1v) is 5.17. The number of piperidine rings is 1. The van der Waals surface area contributed by atoms with Crippen molar-refractivity contribution < 1.29 is 0 Å². The smallest absolute Gasteiger partial charge is 0.0485 e. The summed E-state index contributed by atoms with van der Waals surface area (Å²) >= 11 is 0. The van der Waals surface area contributed by atoms with Crippen molar-refractivity contribution in [1.29, 1.82) is 0 Å². The third kappa shape index (κ3) is 2.05. The lowest BCUT2D eigenvalue weighted by Crippen LogP contribution is -2.26. The van der Waals surface area contributed by atoms with E-state index < -0.39 is 0 Å². The van der Waals surface area contributed by atoms with E-state index in [2.05, 4.69) is 22.9 Å². The topological polar surface area (TPSA) is 50.1 Å². The predicted octanol–water partition coefficient (Wildman–Crippen LogP) is 1.44. The van der Waals surface area contributed by atoms with Crippen LogP contribution in [-0.2, 0) is 0 Å². The standard InChI is InChI=1S/C11H17N3/c12-14-11-3-1-9(2-4-11)10-5-7-13-8-6-10/h1-4,10,13-14H,5-8,12H2. The Balaban J connectivity index is 2.07. The molecule has 0 amide bonds. The fraction of sp³-hybridized carbons (Fsp3) is 0.455. The molecule has 4 N–H and O–H groups in total. The summed E-state index contributed by atoms with van der Waals surface area (Å²) in [6.07, 6.45) is 2.49. The molecule has 1 aromatic rings. The van der Waals surface area contributed by atoms with E-state index in [4.69, 9.17) is 5.84 Å². The maximum Gasteiger partial charge on any atom is 0.0485 e. The molecule has 0 aromatic heterocycles. The van der Waals surface area contributed by atoms with Gasteiger partial charge in [0.1, 0.15) is 0 Å². The molecule has 1 fully saturated rings. The maximum absolute atomic E-state index is 5.32. The highest BCUT2D eigenvalue weighted by atomic mass is 15.2. The van der Waals surface area contributed by atoms with E-state index in [1.54, 1.807) is 0 Å². The van der Waals surface area contributed by atoms with Gasteiger partial charge in [-0.1, -0.05) is 12.1 Å². The Kier molecular flexibility index (Phi) is 3.01. The van der Waals surface area contributed by atoms with Crippen LogP contribution in [0.4, 0.5) is 5.69 Å². The van der Waals surface area contributed by atoms with Crippen LogP contribution in [0.3, 0.4) is 0 Å². The second-order valence-electron chi connectivity index (χ2n) is 3.79. The number of nitrogen functional groups attached to an aromatic ring is 1. The zero-order valence-corrected chi connectivity index (χ0v) is 8.29. The molecule has 0 atom stereocenters. The van der Waals surface area contributed by atoms with Crippen LogP contribution in [0.25, 0.3) is 0 Å². The van der Waals surface area contributed by atoms with Gasteiger partial charge in [0.2, 0.25) is 0 Å². The van der Waals surface area contributed by atoms with Crippen LogP contribution in [0.2, 0.25) is 0 Å². The Bertz CT molecular complexity index is 275. The van der Waals surface area contributed by atoms with Crippen molar-refractivity contribution in [3.63, 3.8) is 0 Å². The fourth-order valence-corrected chi connectivity index (χ4v) is 2.01. The van der Waals surface area contributed by atoms with Gasteiger partial charge in [-0.05, 0) is 49.5 Å². The van der Waals surface area contributed by atoms with Crippen LogP contribution in [-0.4, -0.2) is 13.1 Å². The largest absolute Gasteiger partial charge is 0.324 e. The molecule has 14 heavy (non-hydrogen) atoms. The van der Waals surface area contributed by atoms with Crippen LogP contribution in [0, 0.1) is 0 Å². The molecular formula is C11H17N3. The Morgan fingerprint density at radius 3 is 2.36 bits per heavy atom. The van der Waals surface area contributed by atoms with Gasteiger partial charge >= 0.3 is 0 Å². The molecule has 1 heterocycles. The number of hydrogen-bond donors (Lipinski definition) is 3. The van der Waals surface area contributed by atoms with Gasteiger partial charge in [-0.25, -0.2) is 0 Å². The zero-order chi connectivity index (χ0) is 9.80. The minimum absolute atomic E-state index is 0.725. The highest BCUT2D eigenvalue weighted by Gasteiger charge is 2.14. The Labute approximate surface area is 84.7 Å². The first kappa shape index (κ1) is 9.49. The normalized spacial score (nSPS) is 18.1. The molecule has 0 unspecified atom stereocenters. The molecule has 3 heteroatoms. The number of benzene rings is 1. The van der Waals surface area contributed by atoms with Crippen molar-refractivity contribution in [2.75, 3.05) is 18.5 Å². The first-order valence-electron chi connectivity index (χ1n) is 5.17. The van der Waals surface area contributed by atoms with Gasteiger partial charge in [-0.3, -0.25) is 5.84 Å². The summed E-state index contributed by atoms with van der Waals surface area (Å²) < 4.78 is 0. The zero-order valence-electron chi connectivity index (χ0n) is 8.29. The number of nitrogens with one attached hydrogen (secondary N) is 2. The van der Waals surface area contributed by atoms with Crippen LogP contribution in [0.15, 0.2) is 24.3 Å². The lowest BCUT2D eigenvalue weighted by atomic mass is 9.90. The molecule has 0 spiro atoms. The maximum atomic E-state index is 5.32. The summed E-state index contributed by atoms with van der Waals surface area (Å²) in [7, 11) is 0. The highest BCUT2D eigenvalue weighted by Crippen LogP contribution is 2.25. The number of nitrogens with two attached hydrogens (primary N) is 1. The monoisotopic (exact) mass is 191 g/mol. The minimum Gasteiger partial charge on any atom is -0.324 e. The van der Waals surface area contributed by atoms with Crippen molar-refractivity contribution >= 4 is 5.69 Å². The van der Waals surface area contributed by atoms with Crippen molar-refractivity contribution in [2.45, 2.75) is 18.8 Å².